The van der Waals surface area contributed by atoms with Gasteiger partial charge in [0, 0.05) is 104 Å². The van der Waals surface area contributed by atoms with Gasteiger partial charge >= 0.3 is 0 Å². The molecule has 1 amide bonds. The second kappa shape index (κ2) is 34.4. The standard InChI is InChI=1S/C33H47Cl2N3O10S.C23H29Cl2NO4S/c1-3-45-12-4-5-30(39)31(40)32(41)33(42)36-10-13-46-15-17-48-18-16-47-14-11-37-49(43,44)25-8-6-23(7-9-25)27-21-38(2)22-28-26(27)19-24(34)20-29(28)35;1-3-29-10-11-30-9-4-12-31(27,28)19-7-5-17(6-8-19)21-15-26(2)16-22-20(21)13-18(24)14-23(22)25/h6-9,19-20,27,31-32,37,40-41H,3-5,10-18,21-22H2,1-2H3,(H,36,42);5-8,13-14,21H,3-4,9-12,15-16H2,1-2H3. The summed E-state index contributed by atoms with van der Waals surface area (Å²) in [6, 6.07) is 21.4. The first-order valence-electron chi connectivity index (χ1n) is 26.6. The highest BCUT2D eigenvalue weighted by Crippen LogP contribution is 2.40. The van der Waals surface area contributed by atoms with Crippen LogP contribution in [0.5, 0.6) is 0 Å². The van der Waals surface area contributed by atoms with Crippen LogP contribution in [0.2, 0.25) is 20.1 Å². The molecular formula is C56H76Cl4N4O14S2. The van der Waals surface area contributed by atoms with Crippen molar-refractivity contribution in [1.82, 2.24) is 19.8 Å². The Kier molecular flexibility index (Phi) is 29.0. The SMILES string of the molecule is CCOCCCC(=O)C(O)C(O)C(=O)NCCOCCOCCOCCNS(=O)(=O)c1ccc(C2CN(C)Cc3c(Cl)cc(Cl)cc32)cc1.CCOCCOCCCS(=O)(=O)c1ccc(C2CN(C)Cc3c(Cl)cc(Cl)cc32)cc1. The van der Waals surface area contributed by atoms with Gasteiger partial charge in [-0.1, -0.05) is 70.7 Å². The third-order valence-corrected chi connectivity index (χ3v) is 17.5. The van der Waals surface area contributed by atoms with Crippen molar-refractivity contribution < 1.29 is 65.1 Å². The number of amides is 1. The van der Waals surface area contributed by atoms with Crippen molar-refractivity contribution in [3.63, 3.8) is 0 Å². The Morgan fingerprint density at radius 1 is 0.588 bits per heavy atom. The summed E-state index contributed by atoms with van der Waals surface area (Å²) in [6.45, 7) is 11.2. The van der Waals surface area contributed by atoms with E-state index < -0.39 is 43.8 Å². The molecule has 0 saturated carbocycles. The van der Waals surface area contributed by atoms with Crippen LogP contribution >= 0.6 is 46.4 Å². The molecule has 18 nitrogen and oxygen atoms in total. The number of Topliss-reactive ketones (excluding diaryl/α,β-unsaturated/α-hetero) is 1. The van der Waals surface area contributed by atoms with E-state index in [1.807, 2.05) is 57.3 Å². The lowest BCUT2D eigenvalue weighted by Gasteiger charge is -2.33. The van der Waals surface area contributed by atoms with Crippen molar-refractivity contribution in [2.45, 2.75) is 80.0 Å². The molecule has 4 N–H and O–H groups in total. The number of nitrogens with zero attached hydrogens (tertiary/aromatic N) is 2. The maximum absolute atomic E-state index is 12.8. The normalized spacial score (nSPS) is 16.5. The molecule has 0 saturated heterocycles. The van der Waals surface area contributed by atoms with Crippen molar-refractivity contribution >= 4 is 78.0 Å². The number of fused-ring (bicyclic) bond motifs is 2. The predicted octanol–water partition coefficient (Wildman–Crippen LogP) is 6.91. The highest BCUT2D eigenvalue weighted by molar-refractivity contribution is 7.91. The molecule has 2 aliphatic rings. The van der Waals surface area contributed by atoms with Gasteiger partial charge in [0.05, 0.1) is 68.4 Å². The Bertz CT molecular complexity index is 2800. The number of hydrogen-bond donors (Lipinski definition) is 4. The fourth-order valence-corrected chi connectivity index (χ4v) is 12.5. The first kappa shape index (κ1) is 67.4. The summed E-state index contributed by atoms with van der Waals surface area (Å²) in [4.78, 5) is 28.7. The lowest BCUT2D eigenvalue weighted by molar-refractivity contribution is -0.145. The average Bonchev–Trinajstić information content (AvgIpc) is 3.52. The minimum atomic E-state index is -3.73. The zero-order valence-electron chi connectivity index (χ0n) is 45.8. The fourth-order valence-electron chi connectivity index (χ4n) is 9.07. The van der Waals surface area contributed by atoms with Crippen molar-refractivity contribution in [3.8, 4) is 0 Å². The summed E-state index contributed by atoms with van der Waals surface area (Å²) in [5.74, 6) is -1.35. The van der Waals surface area contributed by atoms with Crippen LogP contribution in [0, 0.1) is 0 Å². The number of carbonyl (C=O) groups excluding carboxylic acids is 2. The van der Waals surface area contributed by atoms with Gasteiger partial charge in [0.1, 0.15) is 6.10 Å². The van der Waals surface area contributed by atoms with Crippen LogP contribution in [0.3, 0.4) is 0 Å². The summed E-state index contributed by atoms with van der Waals surface area (Å²) < 4.78 is 85.4. The zero-order chi connectivity index (χ0) is 58.2. The molecule has 0 bridgehead atoms. The third-order valence-electron chi connectivity index (χ3n) is 13.1. The number of ketones is 1. The molecule has 2 aliphatic heterocycles. The van der Waals surface area contributed by atoms with Gasteiger partial charge in [0.2, 0.25) is 10.0 Å². The maximum atomic E-state index is 12.8. The van der Waals surface area contributed by atoms with Crippen molar-refractivity contribution in [2.24, 2.45) is 0 Å². The largest absolute Gasteiger partial charge is 0.382 e. The van der Waals surface area contributed by atoms with Crippen molar-refractivity contribution in [2.75, 3.05) is 125 Å². The highest BCUT2D eigenvalue weighted by Gasteiger charge is 2.31. The van der Waals surface area contributed by atoms with E-state index >= 15 is 0 Å². The monoisotopic (exact) mass is 1230 g/mol. The molecule has 444 valence electrons. The number of rotatable bonds is 33. The first-order valence-corrected chi connectivity index (χ1v) is 31.3. The van der Waals surface area contributed by atoms with E-state index in [9.17, 15) is 36.6 Å². The molecule has 0 spiro atoms. The Morgan fingerprint density at radius 3 is 1.54 bits per heavy atom. The molecular weight excluding hydrogens is 1160 g/mol. The van der Waals surface area contributed by atoms with Crippen molar-refractivity contribution in [1.29, 1.82) is 0 Å². The van der Waals surface area contributed by atoms with E-state index in [2.05, 4.69) is 26.9 Å². The number of aliphatic hydroxyl groups excluding tert-OH is 2. The van der Waals surface area contributed by atoms with Crippen LogP contribution in [-0.4, -0.2) is 186 Å². The quantitative estimate of drug-likeness (QED) is 0.0355. The number of nitrogens with one attached hydrogen (secondary N) is 2. The van der Waals surface area contributed by atoms with Gasteiger partial charge in [-0.3, -0.25) is 9.59 Å². The van der Waals surface area contributed by atoms with E-state index in [4.69, 9.17) is 74.8 Å². The number of sulfone groups is 1. The van der Waals surface area contributed by atoms with Gasteiger partial charge in [0.25, 0.3) is 5.91 Å². The lowest BCUT2D eigenvalue weighted by atomic mass is 9.85. The number of ether oxygens (including phenoxy) is 6. The highest BCUT2D eigenvalue weighted by atomic mass is 35.5. The molecule has 4 aromatic rings. The summed E-state index contributed by atoms with van der Waals surface area (Å²) in [5, 5.41) is 24.6. The average molecular weight is 1240 g/mol. The van der Waals surface area contributed by atoms with E-state index in [0.717, 1.165) is 53.0 Å². The summed E-state index contributed by atoms with van der Waals surface area (Å²) in [5.41, 5.74) is 6.27. The molecule has 2 heterocycles. The molecule has 0 aromatic heterocycles. The van der Waals surface area contributed by atoms with Gasteiger partial charge in [-0.25, -0.2) is 21.6 Å². The van der Waals surface area contributed by atoms with Gasteiger partial charge in [-0.2, -0.15) is 0 Å². The third kappa shape index (κ3) is 21.4. The Hall–Kier alpha value is -3.36. The Morgan fingerprint density at radius 2 is 1.02 bits per heavy atom. The number of aliphatic hydroxyl groups is 2. The molecule has 6 rings (SSSR count). The minimum Gasteiger partial charge on any atom is -0.382 e. The van der Waals surface area contributed by atoms with Crippen LogP contribution in [0.15, 0.2) is 82.6 Å². The van der Waals surface area contributed by atoms with Crippen LogP contribution in [0.25, 0.3) is 0 Å². The van der Waals surface area contributed by atoms with Gasteiger partial charge in [-0.05, 0) is 123 Å². The van der Waals surface area contributed by atoms with Crippen LogP contribution in [-0.2, 0) is 71.0 Å². The van der Waals surface area contributed by atoms with Crippen LogP contribution in [0.4, 0.5) is 0 Å². The zero-order valence-corrected chi connectivity index (χ0v) is 50.5. The molecule has 4 atom stereocenters. The van der Waals surface area contributed by atoms with E-state index in [0.29, 0.717) is 84.0 Å². The minimum absolute atomic E-state index is 0.00285. The fraction of sp³-hybridized carbons (Fsp3) is 0.536. The molecule has 0 aliphatic carbocycles. The van der Waals surface area contributed by atoms with Gasteiger partial charge < -0.3 is 53.8 Å². The first-order chi connectivity index (χ1) is 38.3. The summed E-state index contributed by atoms with van der Waals surface area (Å²) >= 11 is 25.4. The van der Waals surface area contributed by atoms with E-state index in [-0.39, 0.29) is 81.6 Å². The van der Waals surface area contributed by atoms with Crippen molar-refractivity contribution in [3.05, 3.63) is 126 Å². The summed E-state index contributed by atoms with van der Waals surface area (Å²) in [6.07, 6.45) is -2.82. The number of hydrogen-bond acceptors (Lipinski definition) is 16. The maximum Gasteiger partial charge on any atom is 0.252 e. The molecule has 80 heavy (non-hydrogen) atoms. The molecule has 4 aromatic carbocycles. The number of likely N-dealkylation sites (N-methyl/N-ethyl adjacent to an activating group) is 2. The lowest BCUT2D eigenvalue weighted by Crippen LogP contribution is -2.46. The number of sulfonamides is 1. The second-order valence-electron chi connectivity index (χ2n) is 19.2. The van der Waals surface area contributed by atoms with Crippen LogP contribution < -0.4 is 10.0 Å². The Balaban J connectivity index is 0.000000325. The molecule has 24 heteroatoms. The molecule has 0 radical (unpaired) electrons. The number of benzene rings is 4. The van der Waals surface area contributed by atoms with E-state index in [1.165, 1.54) is 0 Å². The van der Waals surface area contributed by atoms with E-state index in [1.54, 1.807) is 36.4 Å². The predicted molar refractivity (Wildman–Crippen MR) is 310 cm³/mol. The smallest absolute Gasteiger partial charge is 0.252 e. The van der Waals surface area contributed by atoms with Crippen LogP contribution in [0.1, 0.15) is 78.3 Å². The second-order valence-corrected chi connectivity index (χ2v) is 24.8. The van der Waals surface area contributed by atoms with Gasteiger partial charge in [-0.15, -0.1) is 0 Å². The number of carbonyl (C=O) groups is 2. The van der Waals surface area contributed by atoms with Gasteiger partial charge in [0.15, 0.2) is 21.7 Å². The summed E-state index contributed by atoms with van der Waals surface area (Å²) in [7, 11) is -3.02. The Labute approximate surface area is 491 Å². The molecule has 0 fully saturated rings. The number of halogens is 4. The topological polar surface area (TPSA) is 229 Å². The molecule has 4 unspecified atom stereocenters.